The van der Waals surface area contributed by atoms with Crippen LogP contribution in [0.2, 0.25) is 0 Å². The molecule has 3 nitrogen and oxygen atoms in total. The number of aromatic nitrogens is 1. The van der Waals surface area contributed by atoms with Gasteiger partial charge in [-0.05, 0) is 40.2 Å². The van der Waals surface area contributed by atoms with Gasteiger partial charge in [0.05, 0.1) is 4.47 Å². The zero-order valence-electron chi connectivity index (χ0n) is 11.7. The molecule has 112 valence electrons. The topological polar surface area (TPSA) is 34.2 Å². The van der Waals surface area contributed by atoms with Crippen molar-refractivity contribution in [3.8, 4) is 11.6 Å². The van der Waals surface area contributed by atoms with Crippen LogP contribution in [0.4, 0.5) is 8.78 Å². The molecule has 1 aromatic heterocycles. The predicted molar refractivity (Wildman–Crippen MR) is 80.3 cm³/mol. The van der Waals surface area contributed by atoms with Gasteiger partial charge in [-0.2, -0.15) is 0 Å². The highest BCUT2D eigenvalue weighted by Gasteiger charge is 2.12. The van der Waals surface area contributed by atoms with Gasteiger partial charge >= 0.3 is 0 Å². The molecular formula is C15H15BrF2N2O. The Labute approximate surface area is 130 Å². The summed E-state index contributed by atoms with van der Waals surface area (Å²) < 4.78 is 33.1. The molecule has 1 N–H and O–H groups in total. The lowest BCUT2D eigenvalue weighted by molar-refractivity contribution is 0.415. The van der Waals surface area contributed by atoms with Crippen molar-refractivity contribution in [3.63, 3.8) is 0 Å². The summed E-state index contributed by atoms with van der Waals surface area (Å²) in [5.74, 6) is -0.753. The summed E-state index contributed by atoms with van der Waals surface area (Å²) in [6.45, 7) is 4.34. The second kappa shape index (κ2) is 6.95. The van der Waals surface area contributed by atoms with Crippen molar-refractivity contribution in [2.75, 3.05) is 0 Å². The molecule has 0 unspecified atom stereocenters. The zero-order chi connectivity index (χ0) is 15.4. The third-order valence-corrected chi connectivity index (χ3v) is 3.35. The molecule has 6 heteroatoms. The Hall–Kier alpha value is -1.53. The minimum absolute atomic E-state index is 0.128. The summed E-state index contributed by atoms with van der Waals surface area (Å²) in [7, 11) is 0. The van der Waals surface area contributed by atoms with Crippen LogP contribution < -0.4 is 10.1 Å². The molecule has 0 aliphatic rings. The smallest absolute Gasteiger partial charge is 0.256 e. The second-order valence-electron chi connectivity index (χ2n) is 4.80. The molecular weight excluding hydrogens is 342 g/mol. The fourth-order valence-corrected chi connectivity index (χ4v) is 1.99. The van der Waals surface area contributed by atoms with Gasteiger partial charge in [-0.25, -0.2) is 13.8 Å². The first-order chi connectivity index (χ1) is 9.97. The van der Waals surface area contributed by atoms with Gasteiger partial charge in [0.2, 0.25) is 0 Å². The molecule has 0 spiro atoms. The molecule has 21 heavy (non-hydrogen) atoms. The molecule has 0 aliphatic heterocycles. The van der Waals surface area contributed by atoms with Crippen LogP contribution in [0.15, 0.2) is 34.9 Å². The van der Waals surface area contributed by atoms with Crippen molar-refractivity contribution in [2.24, 2.45) is 0 Å². The molecule has 2 rings (SSSR count). The largest absolute Gasteiger partial charge is 0.436 e. The van der Waals surface area contributed by atoms with E-state index in [0.29, 0.717) is 17.9 Å². The normalized spacial score (nSPS) is 11.0. The first kappa shape index (κ1) is 15.9. The van der Waals surface area contributed by atoms with Gasteiger partial charge in [-0.15, -0.1) is 0 Å². The Morgan fingerprint density at radius 3 is 2.71 bits per heavy atom. The number of hydrogen-bond donors (Lipinski definition) is 1. The minimum Gasteiger partial charge on any atom is -0.436 e. The third-order valence-electron chi connectivity index (χ3n) is 2.74. The number of nitrogens with one attached hydrogen (secondary N) is 1. The highest BCUT2D eigenvalue weighted by atomic mass is 79.9. The lowest BCUT2D eigenvalue weighted by Crippen LogP contribution is -2.22. The number of hydrogen-bond acceptors (Lipinski definition) is 3. The van der Waals surface area contributed by atoms with Crippen molar-refractivity contribution in [2.45, 2.75) is 26.4 Å². The second-order valence-corrected chi connectivity index (χ2v) is 5.66. The maximum Gasteiger partial charge on any atom is 0.256 e. The van der Waals surface area contributed by atoms with E-state index in [-0.39, 0.29) is 16.4 Å². The molecule has 1 heterocycles. The molecule has 0 bridgehead atoms. The number of ether oxygens (including phenoxy) is 1. The molecule has 0 amide bonds. The molecule has 0 saturated carbocycles. The third kappa shape index (κ3) is 4.22. The van der Waals surface area contributed by atoms with Gasteiger partial charge in [0.15, 0.2) is 5.82 Å². The summed E-state index contributed by atoms with van der Waals surface area (Å²) in [4.78, 5) is 3.88. The van der Waals surface area contributed by atoms with Crippen LogP contribution in [-0.2, 0) is 6.54 Å². The number of pyridine rings is 1. The van der Waals surface area contributed by atoms with Gasteiger partial charge in [-0.1, -0.05) is 13.8 Å². The first-order valence-corrected chi connectivity index (χ1v) is 7.26. The quantitative estimate of drug-likeness (QED) is 0.861. The van der Waals surface area contributed by atoms with Crippen molar-refractivity contribution < 1.29 is 13.5 Å². The van der Waals surface area contributed by atoms with E-state index >= 15 is 0 Å². The highest BCUT2D eigenvalue weighted by Crippen LogP contribution is 2.27. The van der Waals surface area contributed by atoms with E-state index in [4.69, 9.17) is 4.74 Å². The average molecular weight is 357 g/mol. The van der Waals surface area contributed by atoms with E-state index in [1.54, 1.807) is 6.07 Å². The van der Waals surface area contributed by atoms with Crippen LogP contribution in [0, 0.1) is 11.6 Å². The summed E-state index contributed by atoms with van der Waals surface area (Å²) in [5, 5.41) is 3.13. The zero-order valence-corrected chi connectivity index (χ0v) is 13.2. The Bertz CT molecular complexity index is 635. The van der Waals surface area contributed by atoms with Crippen molar-refractivity contribution in [1.82, 2.24) is 10.3 Å². The summed E-state index contributed by atoms with van der Waals surface area (Å²) in [6.07, 6.45) is 1.48. The van der Waals surface area contributed by atoms with Crippen LogP contribution in [0.3, 0.4) is 0 Å². The van der Waals surface area contributed by atoms with Gasteiger partial charge in [0.25, 0.3) is 5.88 Å². The molecule has 1 aromatic carbocycles. The van der Waals surface area contributed by atoms with E-state index in [1.807, 2.05) is 13.8 Å². The molecule has 0 fully saturated rings. The van der Waals surface area contributed by atoms with Gasteiger partial charge in [0, 0.05) is 24.3 Å². The maximum atomic E-state index is 14.3. The number of benzene rings is 1. The summed E-state index contributed by atoms with van der Waals surface area (Å²) in [5.41, 5.74) is 0.467. The molecule has 0 saturated heterocycles. The van der Waals surface area contributed by atoms with Gasteiger partial charge in [-0.3, -0.25) is 0 Å². The van der Waals surface area contributed by atoms with E-state index in [1.165, 1.54) is 24.4 Å². The average Bonchev–Trinajstić information content (AvgIpc) is 2.43. The summed E-state index contributed by atoms with van der Waals surface area (Å²) >= 11 is 3.05. The SMILES string of the molecule is CC(C)NCc1ccnc(Oc2ccc(F)c(Br)c2)c1F. The van der Waals surface area contributed by atoms with Crippen molar-refractivity contribution in [1.29, 1.82) is 0 Å². The number of nitrogens with zero attached hydrogens (tertiary/aromatic N) is 1. The van der Waals surface area contributed by atoms with Gasteiger partial charge < -0.3 is 10.1 Å². The Balaban J connectivity index is 2.19. The minimum atomic E-state index is -0.522. The van der Waals surface area contributed by atoms with Gasteiger partial charge in [0.1, 0.15) is 11.6 Å². The summed E-state index contributed by atoms with van der Waals surface area (Å²) in [6, 6.07) is 5.92. The Morgan fingerprint density at radius 1 is 1.29 bits per heavy atom. The monoisotopic (exact) mass is 356 g/mol. The Kier molecular flexibility index (Phi) is 5.25. The highest BCUT2D eigenvalue weighted by molar-refractivity contribution is 9.10. The van der Waals surface area contributed by atoms with E-state index in [9.17, 15) is 8.78 Å². The number of halogens is 3. The van der Waals surface area contributed by atoms with Crippen LogP contribution >= 0.6 is 15.9 Å². The molecule has 2 aromatic rings. The number of rotatable bonds is 5. The van der Waals surface area contributed by atoms with Crippen LogP contribution in [-0.4, -0.2) is 11.0 Å². The molecule has 0 radical (unpaired) electrons. The van der Waals surface area contributed by atoms with Crippen molar-refractivity contribution in [3.05, 3.63) is 52.1 Å². The maximum absolute atomic E-state index is 14.3. The lowest BCUT2D eigenvalue weighted by atomic mass is 10.2. The van der Waals surface area contributed by atoms with Crippen LogP contribution in [0.25, 0.3) is 0 Å². The molecule has 0 aliphatic carbocycles. The predicted octanol–water partition coefficient (Wildman–Crippen LogP) is 4.41. The standard InChI is InChI=1S/C15H15BrF2N2O/c1-9(2)20-8-10-5-6-19-15(14(10)18)21-11-3-4-13(17)12(16)7-11/h3-7,9,20H,8H2,1-2H3. The van der Waals surface area contributed by atoms with Crippen LogP contribution in [0.1, 0.15) is 19.4 Å². The van der Waals surface area contributed by atoms with E-state index in [0.717, 1.165) is 0 Å². The van der Waals surface area contributed by atoms with Crippen molar-refractivity contribution >= 4 is 15.9 Å². The first-order valence-electron chi connectivity index (χ1n) is 6.47. The fourth-order valence-electron chi connectivity index (χ4n) is 1.64. The fraction of sp³-hybridized carbons (Fsp3) is 0.267. The Morgan fingerprint density at radius 2 is 2.05 bits per heavy atom. The van der Waals surface area contributed by atoms with E-state index in [2.05, 4.69) is 26.2 Å². The lowest BCUT2D eigenvalue weighted by Gasteiger charge is -2.11. The van der Waals surface area contributed by atoms with E-state index < -0.39 is 11.6 Å². The molecule has 0 atom stereocenters. The van der Waals surface area contributed by atoms with Crippen LogP contribution in [0.5, 0.6) is 11.6 Å².